The van der Waals surface area contributed by atoms with Crippen molar-refractivity contribution in [1.82, 2.24) is 9.55 Å². The lowest BCUT2D eigenvalue weighted by Gasteiger charge is -2.23. The van der Waals surface area contributed by atoms with Gasteiger partial charge in [-0.1, -0.05) is 0 Å². The molecule has 1 saturated heterocycles. The van der Waals surface area contributed by atoms with Gasteiger partial charge in [0.05, 0.1) is 12.5 Å². The monoisotopic (exact) mass is 266 g/mol. The van der Waals surface area contributed by atoms with E-state index in [1.54, 1.807) is 10.9 Å². The van der Waals surface area contributed by atoms with E-state index in [1.807, 2.05) is 11.8 Å². The van der Waals surface area contributed by atoms with Crippen LogP contribution >= 0.6 is 22.4 Å². The normalized spacial score (nSPS) is 22.9. The van der Waals surface area contributed by atoms with Crippen LogP contribution in [0.2, 0.25) is 0 Å². The number of halogens is 1. The van der Waals surface area contributed by atoms with Gasteiger partial charge in [0.1, 0.15) is 0 Å². The Bertz CT molecular complexity index is 437. The van der Waals surface area contributed by atoms with Crippen molar-refractivity contribution in [1.29, 1.82) is 0 Å². The van der Waals surface area contributed by atoms with E-state index in [0.29, 0.717) is 0 Å². The van der Waals surface area contributed by atoms with Crippen LogP contribution in [-0.2, 0) is 9.05 Å². The van der Waals surface area contributed by atoms with Crippen molar-refractivity contribution >= 4 is 31.5 Å². The molecule has 1 aliphatic rings. The number of rotatable bonds is 2. The molecule has 84 valence electrons. The minimum Gasteiger partial charge on any atom is -0.317 e. The highest BCUT2D eigenvalue weighted by atomic mass is 35.7. The number of nitrogens with zero attached hydrogens (tertiary/aromatic N) is 2. The van der Waals surface area contributed by atoms with E-state index in [1.165, 1.54) is 6.20 Å². The van der Waals surface area contributed by atoms with Crippen LogP contribution < -0.4 is 0 Å². The molecule has 7 heteroatoms. The van der Waals surface area contributed by atoms with E-state index >= 15 is 0 Å². The largest absolute Gasteiger partial charge is 0.317 e. The molecule has 0 bridgehead atoms. The van der Waals surface area contributed by atoms with Crippen LogP contribution in [0.15, 0.2) is 17.6 Å². The van der Waals surface area contributed by atoms with Gasteiger partial charge in [0.15, 0.2) is 5.03 Å². The Kier molecular flexibility index (Phi) is 3.27. The highest BCUT2D eigenvalue weighted by molar-refractivity contribution is 8.13. The molecular formula is C8H11ClN2O2S2. The van der Waals surface area contributed by atoms with Crippen molar-refractivity contribution < 1.29 is 8.42 Å². The summed E-state index contributed by atoms with van der Waals surface area (Å²) in [6.07, 6.45) is 4.95. The maximum absolute atomic E-state index is 11.3. The lowest BCUT2D eigenvalue weighted by molar-refractivity contribution is 0.466. The summed E-state index contributed by atoms with van der Waals surface area (Å²) in [5.41, 5.74) is 0. The first kappa shape index (κ1) is 11.3. The van der Waals surface area contributed by atoms with Gasteiger partial charge in [-0.05, 0) is 18.6 Å². The van der Waals surface area contributed by atoms with Gasteiger partial charge in [0.25, 0.3) is 9.05 Å². The van der Waals surface area contributed by atoms with Gasteiger partial charge in [-0.15, -0.1) is 0 Å². The third-order valence-corrected chi connectivity index (χ3v) is 4.90. The molecule has 0 spiro atoms. The van der Waals surface area contributed by atoms with Gasteiger partial charge < -0.3 is 4.57 Å². The van der Waals surface area contributed by atoms with Gasteiger partial charge in [0.2, 0.25) is 0 Å². The average molecular weight is 267 g/mol. The predicted octanol–water partition coefficient (Wildman–Crippen LogP) is 1.88. The summed E-state index contributed by atoms with van der Waals surface area (Å²) in [6.45, 7) is 0. The third kappa shape index (κ3) is 2.49. The minimum atomic E-state index is -3.68. The molecule has 1 unspecified atom stereocenters. The van der Waals surface area contributed by atoms with Gasteiger partial charge in [-0.25, -0.2) is 13.4 Å². The summed E-state index contributed by atoms with van der Waals surface area (Å²) >= 11 is 1.83. The zero-order valence-electron chi connectivity index (χ0n) is 7.97. The van der Waals surface area contributed by atoms with Crippen LogP contribution in [0.3, 0.4) is 0 Å². The topological polar surface area (TPSA) is 52.0 Å². The highest BCUT2D eigenvalue weighted by Gasteiger charge is 2.23. The molecule has 0 N–H and O–H groups in total. The fraction of sp³-hybridized carbons (Fsp3) is 0.625. The Morgan fingerprint density at radius 3 is 3.00 bits per heavy atom. The Morgan fingerprint density at radius 1 is 1.60 bits per heavy atom. The van der Waals surface area contributed by atoms with E-state index in [-0.39, 0.29) is 11.1 Å². The van der Waals surface area contributed by atoms with E-state index < -0.39 is 9.05 Å². The summed E-state index contributed by atoms with van der Waals surface area (Å²) in [5, 5.41) is 0.108. The lowest BCUT2D eigenvalue weighted by Crippen LogP contribution is -2.18. The van der Waals surface area contributed by atoms with Gasteiger partial charge in [-0.2, -0.15) is 11.8 Å². The summed E-state index contributed by atoms with van der Waals surface area (Å²) in [4.78, 5) is 3.85. The maximum atomic E-state index is 11.3. The maximum Gasteiger partial charge on any atom is 0.278 e. The van der Waals surface area contributed by atoms with Crippen LogP contribution in [0.1, 0.15) is 18.9 Å². The molecule has 1 fully saturated rings. The van der Waals surface area contributed by atoms with E-state index in [0.717, 1.165) is 24.3 Å². The molecule has 15 heavy (non-hydrogen) atoms. The molecule has 2 heterocycles. The number of thioether (sulfide) groups is 1. The van der Waals surface area contributed by atoms with Gasteiger partial charge >= 0.3 is 0 Å². The summed E-state index contributed by atoms with van der Waals surface area (Å²) in [5.74, 6) is 2.07. The molecule has 1 atom stereocenters. The van der Waals surface area contributed by atoms with Crippen LogP contribution in [0.4, 0.5) is 0 Å². The molecule has 2 rings (SSSR count). The van der Waals surface area contributed by atoms with Gasteiger partial charge in [0, 0.05) is 22.5 Å². The highest BCUT2D eigenvalue weighted by Crippen LogP contribution is 2.29. The Labute approximate surface area is 97.4 Å². The molecule has 4 nitrogen and oxygen atoms in total. The standard InChI is InChI=1S/C8H11ClN2O2S2/c9-15(12,13)8-4-10-6-11(8)7-2-1-3-14-5-7/h4,6-7H,1-3,5H2. The quantitative estimate of drug-likeness (QED) is 0.767. The van der Waals surface area contributed by atoms with Crippen molar-refractivity contribution in [3.05, 3.63) is 12.5 Å². The molecule has 0 aromatic carbocycles. The smallest absolute Gasteiger partial charge is 0.278 e. The molecule has 1 aromatic heterocycles. The SMILES string of the molecule is O=S(=O)(Cl)c1cncn1C1CCCSC1. The second-order valence-electron chi connectivity index (χ2n) is 3.45. The molecule has 0 saturated carbocycles. The molecule has 0 aliphatic carbocycles. The first-order chi connectivity index (χ1) is 7.09. The molecular weight excluding hydrogens is 256 g/mol. The van der Waals surface area contributed by atoms with Crippen LogP contribution in [0, 0.1) is 0 Å². The fourth-order valence-corrected chi connectivity index (χ4v) is 3.83. The average Bonchev–Trinajstić information content (AvgIpc) is 2.67. The van der Waals surface area contributed by atoms with Crippen molar-refractivity contribution in [2.45, 2.75) is 23.9 Å². The van der Waals surface area contributed by atoms with E-state index in [4.69, 9.17) is 10.7 Å². The van der Waals surface area contributed by atoms with Crippen molar-refractivity contribution in [2.24, 2.45) is 0 Å². The predicted molar refractivity (Wildman–Crippen MR) is 60.9 cm³/mol. The number of imidazole rings is 1. The zero-order chi connectivity index (χ0) is 10.9. The van der Waals surface area contributed by atoms with Crippen molar-refractivity contribution in [3.63, 3.8) is 0 Å². The van der Waals surface area contributed by atoms with Crippen LogP contribution in [0.5, 0.6) is 0 Å². The van der Waals surface area contributed by atoms with Crippen LogP contribution in [-0.4, -0.2) is 29.5 Å². The third-order valence-electron chi connectivity index (χ3n) is 2.41. The second kappa shape index (κ2) is 4.35. The van der Waals surface area contributed by atoms with Gasteiger partial charge in [-0.3, -0.25) is 0 Å². The number of hydrogen-bond acceptors (Lipinski definition) is 4. The zero-order valence-corrected chi connectivity index (χ0v) is 10.4. The number of aromatic nitrogens is 2. The molecule has 1 aliphatic heterocycles. The second-order valence-corrected chi connectivity index (χ2v) is 7.11. The first-order valence-corrected chi connectivity index (χ1v) is 8.09. The first-order valence-electron chi connectivity index (χ1n) is 4.63. The van der Waals surface area contributed by atoms with E-state index in [2.05, 4.69) is 4.98 Å². The molecule has 1 aromatic rings. The Hall–Kier alpha value is -0.200. The Morgan fingerprint density at radius 2 is 2.40 bits per heavy atom. The minimum absolute atomic E-state index is 0.108. The molecule has 0 amide bonds. The Balaban J connectivity index is 2.32. The van der Waals surface area contributed by atoms with Crippen molar-refractivity contribution in [3.8, 4) is 0 Å². The van der Waals surface area contributed by atoms with Crippen LogP contribution in [0.25, 0.3) is 0 Å². The van der Waals surface area contributed by atoms with Crippen molar-refractivity contribution in [2.75, 3.05) is 11.5 Å². The summed E-state index contributed by atoms with van der Waals surface area (Å²) in [6, 6.07) is 0.203. The number of hydrogen-bond donors (Lipinski definition) is 0. The molecule has 0 radical (unpaired) electrons. The lowest BCUT2D eigenvalue weighted by atomic mass is 10.2. The summed E-state index contributed by atoms with van der Waals surface area (Å²) < 4.78 is 24.2. The fourth-order valence-electron chi connectivity index (χ4n) is 1.70. The van der Waals surface area contributed by atoms with E-state index in [9.17, 15) is 8.42 Å². The summed E-state index contributed by atoms with van der Waals surface area (Å²) in [7, 11) is 1.65.